The maximum Gasteiger partial charge on any atom is 0.134 e. The summed E-state index contributed by atoms with van der Waals surface area (Å²) in [7, 11) is 0. The van der Waals surface area contributed by atoms with Crippen molar-refractivity contribution in [1.29, 1.82) is 0 Å². The lowest BCUT2D eigenvalue weighted by Crippen LogP contribution is -1.78. The molecule has 2 aromatic heterocycles. The molecule has 0 aromatic carbocycles. The molecule has 0 unspecified atom stereocenters. The molecule has 1 nitrogen and oxygen atoms in total. The van der Waals surface area contributed by atoms with Crippen molar-refractivity contribution >= 4 is 11.2 Å². The van der Waals surface area contributed by atoms with E-state index in [1.807, 2.05) is 6.08 Å². The molecule has 0 saturated heterocycles. The molecule has 11 heavy (non-hydrogen) atoms. The van der Waals surface area contributed by atoms with Crippen LogP contribution in [0.25, 0.3) is 11.2 Å². The normalized spacial score (nSPS) is 11.0. The molecule has 0 radical (unpaired) electrons. The molecule has 0 amide bonds. The van der Waals surface area contributed by atoms with Crippen molar-refractivity contribution in [2.24, 2.45) is 0 Å². The van der Waals surface area contributed by atoms with E-state index in [9.17, 15) is 0 Å². The van der Waals surface area contributed by atoms with Crippen LogP contribution in [0.15, 0.2) is 29.2 Å². The predicted octanol–water partition coefficient (Wildman–Crippen LogP) is 2.91. The third-order valence-corrected chi connectivity index (χ3v) is 1.91. The fourth-order valence-electron chi connectivity index (χ4n) is 1.44. The molecule has 0 spiro atoms. The van der Waals surface area contributed by atoms with Crippen molar-refractivity contribution < 1.29 is 4.42 Å². The van der Waals surface area contributed by atoms with Gasteiger partial charge >= 0.3 is 0 Å². The van der Waals surface area contributed by atoms with Gasteiger partial charge in [0, 0.05) is 5.56 Å². The van der Waals surface area contributed by atoms with Crippen LogP contribution in [0.4, 0.5) is 0 Å². The number of fused-ring (bicyclic) bond motifs is 2. The first-order valence-electron chi connectivity index (χ1n) is 3.73. The molecule has 0 saturated carbocycles. The lowest BCUT2D eigenvalue weighted by Gasteiger charge is -1.91. The zero-order chi connectivity index (χ0) is 7.84. The highest BCUT2D eigenvalue weighted by molar-refractivity contribution is 5.70. The summed E-state index contributed by atoms with van der Waals surface area (Å²) in [5, 5.41) is 0. The van der Waals surface area contributed by atoms with E-state index in [1.54, 1.807) is 0 Å². The fraction of sp³-hybridized carbons (Fsp3) is 0.200. The first kappa shape index (κ1) is 6.47. The first-order chi connectivity index (χ1) is 5.31. The second-order valence-electron chi connectivity index (χ2n) is 2.82. The monoisotopic (exact) mass is 146 g/mol. The van der Waals surface area contributed by atoms with Crippen LogP contribution in [0.3, 0.4) is 0 Å². The molecule has 0 N–H and O–H groups in total. The van der Waals surface area contributed by atoms with Gasteiger partial charge in [0.2, 0.25) is 0 Å². The maximum absolute atomic E-state index is 5.45. The molecular formula is C10H10O. The zero-order valence-corrected chi connectivity index (χ0v) is 6.55. The van der Waals surface area contributed by atoms with Crippen LogP contribution >= 0.6 is 0 Å². The Morgan fingerprint density at radius 2 is 2.36 bits per heavy atom. The van der Waals surface area contributed by atoms with Gasteiger partial charge in [-0.1, -0.05) is 6.08 Å². The Morgan fingerprint density at radius 1 is 1.55 bits per heavy atom. The fourth-order valence-corrected chi connectivity index (χ4v) is 1.44. The molecule has 0 fully saturated rings. The van der Waals surface area contributed by atoms with Gasteiger partial charge in [0.1, 0.15) is 11.2 Å². The molecule has 0 aliphatic heterocycles. The second kappa shape index (κ2) is 2.12. The molecule has 2 aromatic rings. The van der Waals surface area contributed by atoms with Crippen molar-refractivity contribution in [2.75, 3.05) is 0 Å². The summed E-state index contributed by atoms with van der Waals surface area (Å²) in [4.78, 5) is 0. The van der Waals surface area contributed by atoms with E-state index in [2.05, 4.69) is 25.6 Å². The molecule has 0 aliphatic rings. The largest absolute Gasteiger partial charge is 0.457 e. The number of hydrogen-bond donors (Lipinski definition) is 0. The van der Waals surface area contributed by atoms with Crippen LogP contribution in [-0.2, 0) is 6.42 Å². The van der Waals surface area contributed by atoms with Gasteiger partial charge in [-0.05, 0) is 31.0 Å². The molecular weight excluding hydrogens is 136 g/mol. The van der Waals surface area contributed by atoms with E-state index in [0.29, 0.717) is 0 Å². The Kier molecular flexibility index (Phi) is 1.25. The van der Waals surface area contributed by atoms with E-state index in [4.69, 9.17) is 4.42 Å². The van der Waals surface area contributed by atoms with Gasteiger partial charge in [0.15, 0.2) is 0 Å². The highest BCUT2D eigenvalue weighted by atomic mass is 16.3. The lowest BCUT2D eigenvalue weighted by molar-refractivity contribution is 0.671. The summed E-state index contributed by atoms with van der Waals surface area (Å²) >= 11 is 0. The van der Waals surface area contributed by atoms with E-state index in [1.165, 1.54) is 11.1 Å². The number of hydrogen-bond acceptors (Lipinski definition) is 1. The summed E-state index contributed by atoms with van der Waals surface area (Å²) in [6.07, 6.45) is 2.81. The molecule has 0 atom stereocenters. The van der Waals surface area contributed by atoms with E-state index in [-0.39, 0.29) is 0 Å². The minimum absolute atomic E-state index is 0.907. The van der Waals surface area contributed by atoms with Crippen LogP contribution in [0.1, 0.15) is 11.1 Å². The standard InChI is InChI=1S/C10H10O/c1-3-4-8-6-9-5-7(2)10(8)11-9/h3,5-6H,1,4H2,2H3. The Hall–Kier alpha value is -1.24. The van der Waals surface area contributed by atoms with Crippen molar-refractivity contribution in [3.63, 3.8) is 0 Å². The average molecular weight is 146 g/mol. The molecule has 2 bridgehead atoms. The summed E-state index contributed by atoms with van der Waals surface area (Å²) in [5.41, 5.74) is 4.52. The summed E-state index contributed by atoms with van der Waals surface area (Å²) in [6, 6.07) is 4.13. The molecule has 56 valence electrons. The third-order valence-electron chi connectivity index (χ3n) is 1.91. The smallest absolute Gasteiger partial charge is 0.134 e. The van der Waals surface area contributed by atoms with Gasteiger partial charge < -0.3 is 4.42 Å². The second-order valence-corrected chi connectivity index (χ2v) is 2.82. The summed E-state index contributed by atoms with van der Waals surface area (Å²) < 4.78 is 5.45. The quantitative estimate of drug-likeness (QED) is 0.594. The SMILES string of the molecule is C=CCc1cc2cc(C)c1o2. The van der Waals surface area contributed by atoms with E-state index >= 15 is 0 Å². The Bertz CT molecular complexity index is 370. The molecule has 2 heterocycles. The van der Waals surface area contributed by atoms with Gasteiger partial charge in [-0.3, -0.25) is 0 Å². The van der Waals surface area contributed by atoms with Crippen molar-refractivity contribution in [3.05, 3.63) is 35.9 Å². The summed E-state index contributed by atoms with van der Waals surface area (Å²) in [5.74, 6) is 0. The van der Waals surface area contributed by atoms with Gasteiger partial charge in [-0.25, -0.2) is 0 Å². The van der Waals surface area contributed by atoms with Crippen LogP contribution in [-0.4, -0.2) is 0 Å². The van der Waals surface area contributed by atoms with Crippen LogP contribution in [0, 0.1) is 6.92 Å². The first-order valence-corrected chi connectivity index (χ1v) is 3.73. The predicted molar refractivity (Wildman–Crippen MR) is 46.0 cm³/mol. The lowest BCUT2D eigenvalue weighted by atomic mass is 10.1. The van der Waals surface area contributed by atoms with Gasteiger partial charge in [-0.2, -0.15) is 0 Å². The Labute approximate surface area is 65.7 Å². The number of rotatable bonds is 2. The van der Waals surface area contributed by atoms with Gasteiger partial charge in [-0.15, -0.1) is 6.58 Å². The van der Waals surface area contributed by atoms with Crippen LogP contribution < -0.4 is 0 Å². The number of benzene rings is 1. The van der Waals surface area contributed by atoms with Crippen LogP contribution in [0.5, 0.6) is 0 Å². The van der Waals surface area contributed by atoms with Crippen LogP contribution in [0.2, 0.25) is 0 Å². The van der Waals surface area contributed by atoms with Gasteiger partial charge in [0.05, 0.1) is 0 Å². The highest BCUT2D eigenvalue weighted by Crippen LogP contribution is 2.26. The van der Waals surface area contributed by atoms with Crippen molar-refractivity contribution in [2.45, 2.75) is 13.3 Å². The minimum atomic E-state index is 0.907. The molecule has 2 rings (SSSR count). The highest BCUT2D eigenvalue weighted by Gasteiger charge is 2.08. The average Bonchev–Trinajstić information content (AvgIpc) is 2.46. The van der Waals surface area contributed by atoms with Gasteiger partial charge in [0.25, 0.3) is 0 Å². The zero-order valence-electron chi connectivity index (χ0n) is 6.55. The number of aryl methyl sites for hydroxylation is 1. The molecule has 0 aliphatic carbocycles. The van der Waals surface area contributed by atoms with Crippen molar-refractivity contribution in [1.82, 2.24) is 0 Å². The van der Waals surface area contributed by atoms with E-state index in [0.717, 1.165) is 17.6 Å². The Balaban J connectivity index is 2.57. The minimum Gasteiger partial charge on any atom is -0.457 e. The number of furan rings is 2. The van der Waals surface area contributed by atoms with Crippen molar-refractivity contribution in [3.8, 4) is 0 Å². The number of allylic oxidation sites excluding steroid dienone is 1. The maximum atomic E-state index is 5.45. The third kappa shape index (κ3) is 0.845. The molecule has 1 heteroatoms. The Morgan fingerprint density at radius 3 is 2.91 bits per heavy atom. The topological polar surface area (TPSA) is 13.1 Å². The van der Waals surface area contributed by atoms with E-state index < -0.39 is 0 Å². The summed E-state index contributed by atoms with van der Waals surface area (Å²) in [6.45, 7) is 5.76.